The van der Waals surface area contributed by atoms with Crippen molar-refractivity contribution in [1.82, 2.24) is 4.98 Å². The summed E-state index contributed by atoms with van der Waals surface area (Å²) in [5.74, 6) is 0. The second-order valence-electron chi connectivity index (χ2n) is 1.82. The summed E-state index contributed by atoms with van der Waals surface area (Å²) in [5, 5.41) is 8.52. The molecule has 9 heavy (non-hydrogen) atoms. The molecule has 0 aliphatic heterocycles. The van der Waals surface area contributed by atoms with E-state index in [0.717, 1.165) is 11.4 Å². The molecule has 1 heterocycles. The van der Waals surface area contributed by atoms with Crippen LogP contribution in [0, 0.1) is 6.92 Å². The van der Waals surface area contributed by atoms with Gasteiger partial charge in [0.2, 0.25) is 0 Å². The number of aryl methyl sites for hydroxylation is 1. The third-order valence-electron chi connectivity index (χ3n) is 1.06. The van der Waals surface area contributed by atoms with E-state index < -0.39 is 0 Å². The summed E-state index contributed by atoms with van der Waals surface area (Å²) in [7, 11) is 0. The van der Waals surface area contributed by atoms with E-state index in [-0.39, 0.29) is 25.2 Å². The Labute approximate surface area is 66.2 Å². The van der Waals surface area contributed by atoms with Gasteiger partial charge in [-0.1, -0.05) is 0 Å². The van der Waals surface area contributed by atoms with Gasteiger partial charge in [0.1, 0.15) is 0 Å². The van der Waals surface area contributed by atoms with Crippen LogP contribution in [0.25, 0.3) is 0 Å². The van der Waals surface area contributed by atoms with Crippen LogP contribution in [0.5, 0.6) is 0 Å². The van der Waals surface area contributed by atoms with Gasteiger partial charge in [0.05, 0.1) is 6.61 Å². The minimum atomic E-state index is 0. The SMILES string of the molecule is Cc1ccc(CO)[nH]1.[V]. The van der Waals surface area contributed by atoms with Gasteiger partial charge in [0.15, 0.2) is 0 Å². The number of aromatic nitrogens is 1. The number of hydrogen-bond acceptors (Lipinski definition) is 1. The molecule has 2 N–H and O–H groups in total. The van der Waals surface area contributed by atoms with Crippen molar-refractivity contribution in [3.8, 4) is 0 Å². The first-order chi connectivity index (χ1) is 3.83. The van der Waals surface area contributed by atoms with Crippen LogP contribution in [-0.2, 0) is 25.2 Å². The summed E-state index contributed by atoms with van der Waals surface area (Å²) in [6, 6.07) is 3.81. The summed E-state index contributed by atoms with van der Waals surface area (Å²) in [6.45, 7) is 2.06. The monoisotopic (exact) mass is 162 g/mol. The number of aromatic amines is 1. The third kappa shape index (κ3) is 2.27. The maximum Gasteiger partial charge on any atom is 0.0830 e. The maximum atomic E-state index is 8.52. The van der Waals surface area contributed by atoms with E-state index in [2.05, 4.69) is 4.98 Å². The van der Waals surface area contributed by atoms with Crippen LogP contribution >= 0.6 is 0 Å². The number of aliphatic hydroxyl groups excluding tert-OH is 1. The van der Waals surface area contributed by atoms with Crippen molar-refractivity contribution in [2.45, 2.75) is 13.5 Å². The molecule has 0 amide bonds. The van der Waals surface area contributed by atoms with Gasteiger partial charge < -0.3 is 10.1 Å². The van der Waals surface area contributed by atoms with Gasteiger partial charge in [-0.2, -0.15) is 0 Å². The van der Waals surface area contributed by atoms with E-state index in [1.807, 2.05) is 19.1 Å². The van der Waals surface area contributed by atoms with Gasteiger partial charge in [-0.05, 0) is 19.1 Å². The molecule has 1 aromatic rings. The van der Waals surface area contributed by atoms with Crippen LogP contribution in [0.15, 0.2) is 12.1 Å². The van der Waals surface area contributed by atoms with E-state index in [9.17, 15) is 0 Å². The van der Waals surface area contributed by atoms with Crippen molar-refractivity contribution in [3.05, 3.63) is 23.5 Å². The first kappa shape index (κ1) is 8.82. The van der Waals surface area contributed by atoms with E-state index >= 15 is 0 Å². The Morgan fingerprint density at radius 1 is 1.56 bits per heavy atom. The number of hydrogen-bond donors (Lipinski definition) is 2. The van der Waals surface area contributed by atoms with Crippen molar-refractivity contribution < 1.29 is 23.7 Å². The van der Waals surface area contributed by atoms with E-state index in [1.54, 1.807) is 0 Å². The molecule has 0 unspecified atom stereocenters. The normalized spacial score (nSPS) is 8.67. The molecule has 0 aliphatic carbocycles. The summed E-state index contributed by atoms with van der Waals surface area (Å²) < 4.78 is 0. The maximum absolute atomic E-state index is 8.52. The number of nitrogens with one attached hydrogen (secondary N) is 1. The van der Waals surface area contributed by atoms with Crippen LogP contribution in [0.4, 0.5) is 0 Å². The van der Waals surface area contributed by atoms with Crippen molar-refractivity contribution in [1.29, 1.82) is 0 Å². The second-order valence-corrected chi connectivity index (χ2v) is 1.82. The zero-order valence-corrected chi connectivity index (χ0v) is 6.65. The van der Waals surface area contributed by atoms with Gasteiger partial charge in [0.25, 0.3) is 0 Å². The van der Waals surface area contributed by atoms with Crippen molar-refractivity contribution in [2.24, 2.45) is 0 Å². The average Bonchev–Trinajstić information content (AvgIpc) is 2.14. The number of H-pyrrole nitrogens is 1. The van der Waals surface area contributed by atoms with Gasteiger partial charge in [0, 0.05) is 29.9 Å². The molecule has 0 fully saturated rings. The first-order valence-electron chi connectivity index (χ1n) is 2.58. The molecule has 1 aromatic heterocycles. The molecule has 3 heteroatoms. The van der Waals surface area contributed by atoms with Gasteiger partial charge in [-0.15, -0.1) is 0 Å². The van der Waals surface area contributed by atoms with Crippen LogP contribution in [0.1, 0.15) is 11.4 Å². The summed E-state index contributed by atoms with van der Waals surface area (Å²) in [5.41, 5.74) is 1.97. The fourth-order valence-corrected chi connectivity index (χ4v) is 0.654. The Hall–Kier alpha value is -0.176. The molecular formula is C6H9NOV. The molecular weight excluding hydrogens is 153 g/mol. The molecule has 0 aromatic carbocycles. The largest absolute Gasteiger partial charge is 0.390 e. The topological polar surface area (TPSA) is 36.0 Å². The zero-order valence-electron chi connectivity index (χ0n) is 5.26. The Morgan fingerprint density at radius 3 is 2.44 bits per heavy atom. The molecule has 1 rings (SSSR count). The predicted octanol–water partition coefficient (Wildman–Crippen LogP) is 0.813. The molecule has 2 nitrogen and oxygen atoms in total. The molecule has 0 bridgehead atoms. The molecule has 0 aliphatic rings. The Morgan fingerprint density at radius 2 is 2.22 bits per heavy atom. The molecule has 0 saturated heterocycles. The van der Waals surface area contributed by atoms with Crippen molar-refractivity contribution in [2.75, 3.05) is 0 Å². The molecule has 0 atom stereocenters. The van der Waals surface area contributed by atoms with E-state index in [0.29, 0.717) is 0 Å². The minimum Gasteiger partial charge on any atom is -0.390 e. The fourth-order valence-electron chi connectivity index (χ4n) is 0.654. The number of rotatable bonds is 1. The predicted molar refractivity (Wildman–Crippen MR) is 31.5 cm³/mol. The first-order valence-corrected chi connectivity index (χ1v) is 2.58. The van der Waals surface area contributed by atoms with E-state index in [1.165, 1.54) is 0 Å². The standard InChI is InChI=1S/C6H9NO.V/c1-5-2-3-6(4-8)7-5;/h2-3,7-8H,4H2,1H3;. The van der Waals surface area contributed by atoms with Gasteiger partial charge >= 0.3 is 0 Å². The average molecular weight is 162 g/mol. The molecule has 0 saturated carbocycles. The zero-order chi connectivity index (χ0) is 5.98. The fraction of sp³-hybridized carbons (Fsp3) is 0.333. The van der Waals surface area contributed by atoms with Crippen LogP contribution in [-0.4, -0.2) is 10.1 Å². The second kappa shape index (κ2) is 3.78. The molecule has 0 spiro atoms. The third-order valence-corrected chi connectivity index (χ3v) is 1.06. The van der Waals surface area contributed by atoms with Gasteiger partial charge in [-0.25, -0.2) is 0 Å². The van der Waals surface area contributed by atoms with Crippen molar-refractivity contribution >= 4 is 0 Å². The summed E-state index contributed by atoms with van der Waals surface area (Å²) in [4.78, 5) is 2.98. The Balaban J connectivity index is 0.000000640. The molecule has 1 radical (unpaired) electrons. The smallest absolute Gasteiger partial charge is 0.0830 e. The summed E-state index contributed by atoms with van der Waals surface area (Å²) >= 11 is 0. The minimum absolute atomic E-state index is 0. The quantitative estimate of drug-likeness (QED) is 0.629. The van der Waals surface area contributed by atoms with Crippen molar-refractivity contribution in [3.63, 3.8) is 0 Å². The summed E-state index contributed by atoms with van der Waals surface area (Å²) in [6.07, 6.45) is 0. The van der Waals surface area contributed by atoms with E-state index in [4.69, 9.17) is 5.11 Å². The Bertz CT molecular complexity index is 173. The van der Waals surface area contributed by atoms with Crippen LogP contribution in [0.2, 0.25) is 0 Å². The number of aliphatic hydroxyl groups is 1. The Kier molecular flexibility index (Phi) is 3.70. The van der Waals surface area contributed by atoms with Gasteiger partial charge in [-0.3, -0.25) is 0 Å². The van der Waals surface area contributed by atoms with Crippen LogP contribution in [0.3, 0.4) is 0 Å². The van der Waals surface area contributed by atoms with Crippen LogP contribution < -0.4 is 0 Å². The molecule has 49 valence electrons.